The summed E-state index contributed by atoms with van der Waals surface area (Å²) < 4.78 is 0. The number of benzene rings is 1. The van der Waals surface area contributed by atoms with E-state index in [9.17, 15) is 4.79 Å². The maximum atomic E-state index is 13.2. The van der Waals surface area contributed by atoms with E-state index >= 15 is 0 Å². The Morgan fingerprint density at radius 3 is 2.35 bits per heavy atom. The van der Waals surface area contributed by atoms with Gasteiger partial charge >= 0.3 is 0 Å². The van der Waals surface area contributed by atoms with Crippen LogP contribution in [0.25, 0.3) is 0 Å². The van der Waals surface area contributed by atoms with E-state index in [1.807, 2.05) is 35.2 Å². The van der Waals surface area contributed by atoms with Crippen molar-refractivity contribution in [3.63, 3.8) is 0 Å². The topological polar surface area (TPSA) is 36.4 Å². The van der Waals surface area contributed by atoms with Crippen molar-refractivity contribution in [2.45, 2.75) is 19.8 Å². The smallest absolute Gasteiger partial charge is 0.230 e. The van der Waals surface area contributed by atoms with Crippen LogP contribution in [0.4, 0.5) is 5.82 Å². The zero-order valence-electron chi connectivity index (χ0n) is 15.0. The molecule has 1 saturated heterocycles. The molecule has 0 N–H and O–H groups in total. The highest BCUT2D eigenvalue weighted by Crippen LogP contribution is 2.32. The minimum Gasteiger partial charge on any atom is -0.353 e. The first-order valence-electron chi connectivity index (χ1n) is 8.87. The summed E-state index contributed by atoms with van der Waals surface area (Å²) in [4.78, 5) is 21.8. The Bertz CT molecular complexity index is 759. The number of aromatic nitrogens is 1. The van der Waals surface area contributed by atoms with Crippen LogP contribution in [0.15, 0.2) is 42.6 Å². The first-order chi connectivity index (χ1) is 12.5. The van der Waals surface area contributed by atoms with Crippen molar-refractivity contribution in [3.05, 3.63) is 58.2 Å². The van der Waals surface area contributed by atoms with Crippen molar-refractivity contribution >= 4 is 34.9 Å². The molecule has 1 aliphatic rings. The molecule has 0 bridgehead atoms. The number of piperazine rings is 1. The Balaban J connectivity index is 1.71. The number of hydrogen-bond acceptors (Lipinski definition) is 3. The third-order valence-corrected chi connectivity index (χ3v) is 5.54. The third kappa shape index (κ3) is 4.13. The first kappa shape index (κ1) is 19.0. The fourth-order valence-electron chi connectivity index (χ4n) is 3.41. The molecular weight excluding hydrogens is 369 g/mol. The molecule has 2 heterocycles. The van der Waals surface area contributed by atoms with Crippen molar-refractivity contribution in [2.24, 2.45) is 5.92 Å². The predicted molar refractivity (Wildman–Crippen MR) is 107 cm³/mol. The van der Waals surface area contributed by atoms with Crippen LogP contribution in [0.2, 0.25) is 10.0 Å². The van der Waals surface area contributed by atoms with Crippen molar-refractivity contribution < 1.29 is 4.79 Å². The highest BCUT2D eigenvalue weighted by Gasteiger charge is 2.31. The SMILES string of the molecule is CC(C)C(C(=O)N1CCN(c2ccccn2)CC1)c1ccc(Cl)c(Cl)c1. The van der Waals surface area contributed by atoms with Gasteiger partial charge in [0, 0.05) is 32.4 Å². The standard InChI is InChI=1S/C20H23Cl2N3O/c1-14(2)19(15-6-7-16(21)17(22)13-15)20(26)25-11-9-24(10-12-25)18-5-3-4-8-23-18/h3-8,13-14,19H,9-12H2,1-2H3. The summed E-state index contributed by atoms with van der Waals surface area (Å²) in [5.41, 5.74) is 0.923. The van der Waals surface area contributed by atoms with E-state index in [0.29, 0.717) is 23.1 Å². The van der Waals surface area contributed by atoms with Crippen LogP contribution in [0.3, 0.4) is 0 Å². The molecule has 1 aromatic heterocycles. The maximum Gasteiger partial charge on any atom is 0.230 e. The summed E-state index contributed by atoms with van der Waals surface area (Å²) in [6, 6.07) is 11.4. The minimum atomic E-state index is -0.217. The molecule has 138 valence electrons. The van der Waals surface area contributed by atoms with Crippen molar-refractivity contribution in [1.29, 1.82) is 0 Å². The van der Waals surface area contributed by atoms with E-state index in [4.69, 9.17) is 23.2 Å². The summed E-state index contributed by atoms with van der Waals surface area (Å²) in [6.45, 7) is 7.09. The normalized spacial score (nSPS) is 16.0. The number of amides is 1. The van der Waals surface area contributed by atoms with Gasteiger partial charge in [0.25, 0.3) is 0 Å². The third-order valence-electron chi connectivity index (χ3n) is 4.80. The fraction of sp³-hybridized carbons (Fsp3) is 0.400. The molecule has 0 spiro atoms. The van der Waals surface area contributed by atoms with Gasteiger partial charge in [-0.05, 0) is 35.7 Å². The molecule has 0 radical (unpaired) electrons. The van der Waals surface area contributed by atoms with E-state index < -0.39 is 0 Å². The van der Waals surface area contributed by atoms with Gasteiger partial charge in [0.05, 0.1) is 16.0 Å². The van der Waals surface area contributed by atoms with Crippen molar-refractivity contribution in [3.8, 4) is 0 Å². The Kier molecular flexibility index (Phi) is 6.05. The van der Waals surface area contributed by atoms with Gasteiger partial charge in [-0.25, -0.2) is 4.98 Å². The molecule has 1 aliphatic heterocycles. The summed E-state index contributed by atoms with van der Waals surface area (Å²) in [7, 11) is 0. The van der Waals surface area contributed by atoms with Crippen molar-refractivity contribution in [1.82, 2.24) is 9.88 Å². The summed E-state index contributed by atoms with van der Waals surface area (Å²) in [6.07, 6.45) is 1.80. The average Bonchev–Trinajstić information content (AvgIpc) is 2.65. The van der Waals surface area contributed by atoms with E-state index in [-0.39, 0.29) is 17.7 Å². The lowest BCUT2D eigenvalue weighted by Crippen LogP contribution is -2.50. The fourth-order valence-corrected chi connectivity index (χ4v) is 3.72. The van der Waals surface area contributed by atoms with Crippen LogP contribution in [0.1, 0.15) is 25.3 Å². The van der Waals surface area contributed by atoms with Gasteiger partial charge < -0.3 is 9.80 Å². The lowest BCUT2D eigenvalue weighted by atomic mass is 9.87. The van der Waals surface area contributed by atoms with Crippen LogP contribution in [0.5, 0.6) is 0 Å². The van der Waals surface area contributed by atoms with Crippen LogP contribution in [-0.4, -0.2) is 42.0 Å². The van der Waals surface area contributed by atoms with Crippen molar-refractivity contribution in [2.75, 3.05) is 31.1 Å². The molecule has 1 aromatic carbocycles. The molecule has 3 rings (SSSR count). The van der Waals surface area contributed by atoms with Gasteiger partial charge in [-0.3, -0.25) is 4.79 Å². The monoisotopic (exact) mass is 391 g/mol. The van der Waals surface area contributed by atoms with Gasteiger partial charge in [-0.15, -0.1) is 0 Å². The number of hydrogen-bond donors (Lipinski definition) is 0. The highest BCUT2D eigenvalue weighted by molar-refractivity contribution is 6.42. The molecular formula is C20H23Cl2N3O. The maximum absolute atomic E-state index is 13.2. The first-order valence-corrected chi connectivity index (χ1v) is 9.62. The zero-order valence-corrected chi connectivity index (χ0v) is 16.5. The van der Waals surface area contributed by atoms with Gasteiger partial charge in [0.15, 0.2) is 0 Å². The largest absolute Gasteiger partial charge is 0.353 e. The van der Waals surface area contributed by atoms with Gasteiger partial charge in [-0.2, -0.15) is 0 Å². The molecule has 26 heavy (non-hydrogen) atoms. The number of pyridine rings is 1. The summed E-state index contributed by atoms with van der Waals surface area (Å²) in [5.74, 6) is 1.07. The lowest BCUT2D eigenvalue weighted by Gasteiger charge is -2.37. The second kappa shape index (κ2) is 8.28. The summed E-state index contributed by atoms with van der Waals surface area (Å²) in [5, 5.41) is 0.997. The number of rotatable bonds is 4. The van der Waals surface area contributed by atoms with E-state index in [0.717, 1.165) is 24.5 Å². The number of carbonyl (C=O) groups is 1. The second-order valence-electron chi connectivity index (χ2n) is 6.90. The van der Waals surface area contributed by atoms with Gasteiger partial charge in [-0.1, -0.05) is 49.2 Å². The number of halogens is 2. The van der Waals surface area contributed by atoms with E-state index in [1.165, 1.54) is 0 Å². The van der Waals surface area contributed by atoms with E-state index in [2.05, 4.69) is 23.7 Å². The predicted octanol–water partition coefficient (Wildman–Crippen LogP) is 4.48. The average molecular weight is 392 g/mol. The number of nitrogens with zero attached hydrogens (tertiary/aromatic N) is 3. The minimum absolute atomic E-state index is 0.152. The van der Waals surface area contributed by atoms with E-state index in [1.54, 1.807) is 12.3 Å². The van der Waals surface area contributed by atoms with Crippen LogP contribution < -0.4 is 4.90 Å². The molecule has 1 fully saturated rings. The highest BCUT2D eigenvalue weighted by atomic mass is 35.5. The Morgan fingerprint density at radius 2 is 1.77 bits per heavy atom. The lowest BCUT2D eigenvalue weighted by molar-refractivity contribution is -0.134. The number of carbonyl (C=O) groups excluding carboxylic acids is 1. The van der Waals surface area contributed by atoms with Gasteiger partial charge in [0.1, 0.15) is 5.82 Å². The van der Waals surface area contributed by atoms with Crippen LogP contribution in [-0.2, 0) is 4.79 Å². The summed E-state index contributed by atoms with van der Waals surface area (Å²) >= 11 is 12.2. The second-order valence-corrected chi connectivity index (χ2v) is 7.71. The molecule has 0 saturated carbocycles. The Morgan fingerprint density at radius 1 is 1.04 bits per heavy atom. The molecule has 1 atom stereocenters. The Hall–Kier alpha value is -1.78. The Labute approximate surface area is 164 Å². The van der Waals surface area contributed by atoms with Crippen LogP contribution >= 0.6 is 23.2 Å². The molecule has 6 heteroatoms. The molecule has 1 amide bonds. The molecule has 2 aromatic rings. The zero-order chi connectivity index (χ0) is 18.7. The van der Waals surface area contributed by atoms with Gasteiger partial charge in [0.2, 0.25) is 5.91 Å². The van der Waals surface area contributed by atoms with Crippen LogP contribution in [0, 0.1) is 5.92 Å². The molecule has 4 nitrogen and oxygen atoms in total. The molecule has 0 aliphatic carbocycles. The number of anilines is 1. The quantitative estimate of drug-likeness (QED) is 0.770. The molecule has 1 unspecified atom stereocenters.